The van der Waals surface area contributed by atoms with Crippen LogP contribution in [-0.2, 0) is 17.8 Å². The number of anilines is 1. The lowest BCUT2D eigenvalue weighted by molar-refractivity contribution is -0.117. The number of carbonyl (C=O) groups excluding carboxylic acids is 1. The van der Waals surface area contributed by atoms with Gasteiger partial charge in [0.2, 0.25) is 5.91 Å². The molecule has 0 spiro atoms. The van der Waals surface area contributed by atoms with Gasteiger partial charge in [-0.15, -0.1) is 0 Å². The summed E-state index contributed by atoms with van der Waals surface area (Å²) in [4.78, 5) is 11.9. The van der Waals surface area contributed by atoms with Crippen LogP contribution in [0.1, 0.15) is 30.3 Å². The molecule has 0 saturated carbocycles. The van der Waals surface area contributed by atoms with Gasteiger partial charge in [-0.2, -0.15) is 5.10 Å². The Morgan fingerprint density at radius 2 is 2.00 bits per heavy atom. The molecule has 2 aromatic rings. The van der Waals surface area contributed by atoms with Gasteiger partial charge in [0, 0.05) is 11.4 Å². The van der Waals surface area contributed by atoms with Gasteiger partial charge in [0.25, 0.3) is 6.43 Å². The van der Waals surface area contributed by atoms with E-state index in [0.717, 1.165) is 6.42 Å². The van der Waals surface area contributed by atoms with Gasteiger partial charge in [-0.05, 0) is 37.1 Å². The Morgan fingerprint density at radius 3 is 2.52 bits per heavy atom. The van der Waals surface area contributed by atoms with E-state index in [9.17, 15) is 13.6 Å². The number of alkyl halides is 2. The number of nitrogens with one attached hydrogen (secondary N) is 1. The molecule has 6 heteroatoms. The summed E-state index contributed by atoms with van der Waals surface area (Å²) >= 11 is 0. The summed E-state index contributed by atoms with van der Waals surface area (Å²) in [6, 6.07) is 8.79. The molecule has 0 fully saturated rings. The maximum absolute atomic E-state index is 12.5. The molecule has 0 aliphatic carbocycles. The van der Waals surface area contributed by atoms with E-state index in [1.807, 2.05) is 24.3 Å². The molecule has 1 amide bonds. The van der Waals surface area contributed by atoms with Gasteiger partial charge in [-0.1, -0.05) is 19.1 Å². The lowest BCUT2D eigenvalue weighted by Gasteiger charge is -2.07. The van der Waals surface area contributed by atoms with Crippen molar-refractivity contribution in [2.45, 2.75) is 33.2 Å². The lowest BCUT2D eigenvalue weighted by Crippen LogP contribution is -2.20. The van der Waals surface area contributed by atoms with E-state index in [-0.39, 0.29) is 18.1 Å². The number of rotatable bonds is 5. The number of nitrogens with zero attached hydrogens (tertiary/aromatic N) is 2. The van der Waals surface area contributed by atoms with Gasteiger partial charge in [-0.3, -0.25) is 9.48 Å². The van der Waals surface area contributed by atoms with Crippen LogP contribution in [0.4, 0.5) is 14.5 Å². The van der Waals surface area contributed by atoms with E-state index in [0.29, 0.717) is 11.4 Å². The van der Waals surface area contributed by atoms with Crippen molar-refractivity contribution < 1.29 is 13.6 Å². The molecule has 0 radical (unpaired) electrons. The molecular weight excluding hydrogens is 276 g/mol. The van der Waals surface area contributed by atoms with Gasteiger partial charge in [0.15, 0.2) is 0 Å². The van der Waals surface area contributed by atoms with E-state index in [2.05, 4.69) is 17.3 Å². The number of benzene rings is 1. The summed E-state index contributed by atoms with van der Waals surface area (Å²) in [6.45, 7) is 3.60. The molecule has 112 valence electrons. The molecule has 1 N–H and O–H groups in total. The summed E-state index contributed by atoms with van der Waals surface area (Å²) in [5, 5.41) is 6.44. The van der Waals surface area contributed by atoms with Crippen molar-refractivity contribution in [3.05, 3.63) is 47.3 Å². The number of hydrogen-bond acceptors (Lipinski definition) is 2. The quantitative estimate of drug-likeness (QED) is 0.919. The van der Waals surface area contributed by atoms with Crippen molar-refractivity contribution in [3.8, 4) is 0 Å². The molecule has 4 nitrogen and oxygen atoms in total. The van der Waals surface area contributed by atoms with Crippen LogP contribution in [0.2, 0.25) is 0 Å². The summed E-state index contributed by atoms with van der Waals surface area (Å²) in [5.74, 6) is -0.300. The first-order chi connectivity index (χ1) is 9.99. The Balaban J connectivity index is 2.00. The number of aromatic nitrogens is 2. The van der Waals surface area contributed by atoms with E-state index in [1.54, 1.807) is 6.92 Å². The fraction of sp³-hybridized carbons (Fsp3) is 0.333. The molecule has 0 aliphatic heterocycles. The number of aryl methyl sites for hydroxylation is 2. The van der Waals surface area contributed by atoms with Crippen LogP contribution >= 0.6 is 0 Å². The topological polar surface area (TPSA) is 46.9 Å². The third kappa shape index (κ3) is 3.87. The number of carbonyl (C=O) groups is 1. The van der Waals surface area contributed by atoms with Crippen molar-refractivity contribution in [1.82, 2.24) is 9.78 Å². The third-order valence-corrected chi connectivity index (χ3v) is 3.16. The van der Waals surface area contributed by atoms with Crippen molar-refractivity contribution in [2.24, 2.45) is 0 Å². The molecule has 1 heterocycles. The van der Waals surface area contributed by atoms with Crippen LogP contribution in [0, 0.1) is 6.92 Å². The van der Waals surface area contributed by atoms with Gasteiger partial charge in [-0.25, -0.2) is 8.78 Å². The lowest BCUT2D eigenvalue weighted by atomic mass is 10.1. The number of hydrogen-bond donors (Lipinski definition) is 1. The Morgan fingerprint density at radius 1 is 1.33 bits per heavy atom. The highest BCUT2D eigenvalue weighted by molar-refractivity contribution is 5.90. The summed E-state index contributed by atoms with van der Waals surface area (Å²) < 4.78 is 26.4. The van der Waals surface area contributed by atoms with Gasteiger partial charge in [0.1, 0.15) is 12.2 Å². The summed E-state index contributed by atoms with van der Waals surface area (Å²) in [7, 11) is 0. The molecule has 0 atom stereocenters. The zero-order valence-electron chi connectivity index (χ0n) is 11.9. The van der Waals surface area contributed by atoms with Crippen LogP contribution < -0.4 is 5.32 Å². The van der Waals surface area contributed by atoms with Gasteiger partial charge >= 0.3 is 0 Å². The molecular formula is C15H17F2N3O. The highest BCUT2D eigenvalue weighted by atomic mass is 19.3. The minimum atomic E-state index is -2.63. The minimum absolute atomic E-state index is 0.0892. The van der Waals surface area contributed by atoms with Crippen molar-refractivity contribution in [2.75, 3.05) is 5.32 Å². The van der Waals surface area contributed by atoms with E-state index >= 15 is 0 Å². The first-order valence-electron chi connectivity index (χ1n) is 6.71. The van der Waals surface area contributed by atoms with E-state index in [4.69, 9.17) is 0 Å². The first kappa shape index (κ1) is 15.2. The fourth-order valence-electron chi connectivity index (χ4n) is 1.96. The van der Waals surface area contributed by atoms with Crippen LogP contribution in [0.3, 0.4) is 0 Å². The van der Waals surface area contributed by atoms with Gasteiger partial charge < -0.3 is 5.32 Å². The first-order valence-corrected chi connectivity index (χ1v) is 6.71. The largest absolute Gasteiger partial charge is 0.324 e. The van der Waals surface area contributed by atoms with Crippen LogP contribution in [0.15, 0.2) is 30.3 Å². The average Bonchev–Trinajstić information content (AvgIpc) is 2.81. The van der Waals surface area contributed by atoms with Crippen LogP contribution in [-0.4, -0.2) is 15.7 Å². The minimum Gasteiger partial charge on any atom is -0.324 e. The predicted octanol–water partition coefficient (Wildman–Crippen LogP) is 3.33. The van der Waals surface area contributed by atoms with Crippen LogP contribution in [0.25, 0.3) is 0 Å². The Kier molecular flexibility index (Phi) is 4.67. The van der Waals surface area contributed by atoms with E-state index in [1.165, 1.54) is 16.3 Å². The van der Waals surface area contributed by atoms with Crippen molar-refractivity contribution >= 4 is 11.6 Å². The smallest absolute Gasteiger partial charge is 0.282 e. The zero-order chi connectivity index (χ0) is 15.4. The highest BCUT2D eigenvalue weighted by Gasteiger charge is 2.15. The Bertz CT molecular complexity index is 620. The van der Waals surface area contributed by atoms with E-state index < -0.39 is 6.43 Å². The molecule has 0 bridgehead atoms. The SMILES string of the molecule is CCc1ccc(NC(=O)Cn2nc(C(F)F)cc2C)cc1. The van der Waals surface area contributed by atoms with Crippen LogP contribution in [0.5, 0.6) is 0 Å². The highest BCUT2D eigenvalue weighted by Crippen LogP contribution is 2.18. The second-order valence-electron chi connectivity index (χ2n) is 4.77. The molecule has 0 saturated heterocycles. The average molecular weight is 293 g/mol. The second-order valence-corrected chi connectivity index (χ2v) is 4.77. The van der Waals surface area contributed by atoms with Gasteiger partial charge in [0.05, 0.1) is 0 Å². The Hall–Kier alpha value is -2.24. The summed E-state index contributed by atoms with van der Waals surface area (Å²) in [5.41, 5.74) is 2.07. The molecule has 2 rings (SSSR count). The zero-order valence-corrected chi connectivity index (χ0v) is 11.9. The maximum atomic E-state index is 12.5. The van der Waals surface area contributed by atoms with Crippen molar-refractivity contribution in [1.29, 1.82) is 0 Å². The number of amides is 1. The molecule has 1 aromatic carbocycles. The Labute approximate surface area is 121 Å². The second kappa shape index (κ2) is 6.47. The monoisotopic (exact) mass is 293 g/mol. The predicted molar refractivity (Wildman–Crippen MR) is 76.4 cm³/mol. The molecule has 0 unspecified atom stereocenters. The molecule has 21 heavy (non-hydrogen) atoms. The fourth-order valence-corrected chi connectivity index (χ4v) is 1.96. The standard InChI is InChI=1S/C15H17F2N3O/c1-3-11-4-6-12(7-5-11)18-14(21)9-20-10(2)8-13(19-20)15(16)17/h4-8,15H,3,9H2,1-2H3,(H,18,21). The molecule has 0 aliphatic rings. The van der Waals surface area contributed by atoms with Crippen molar-refractivity contribution in [3.63, 3.8) is 0 Å². The maximum Gasteiger partial charge on any atom is 0.282 e. The third-order valence-electron chi connectivity index (χ3n) is 3.16. The normalized spacial score (nSPS) is 10.9. The molecule has 1 aromatic heterocycles. The summed E-state index contributed by atoms with van der Waals surface area (Å²) in [6.07, 6.45) is -1.70. The number of halogens is 2.